The molecule has 0 atom stereocenters. The smallest absolute Gasteiger partial charge is 0.257 e. The molecule has 0 heterocycles. The molecule has 4 fully saturated rings. The summed E-state index contributed by atoms with van der Waals surface area (Å²) in [5.41, 5.74) is 0.315. The zero-order valence-corrected chi connectivity index (χ0v) is 12.2. The minimum Gasteiger partial charge on any atom is -0.292 e. The topological polar surface area (TPSA) is 46.2 Å². The highest BCUT2D eigenvalue weighted by Gasteiger charge is 2.54. The molecule has 0 aromatic heterocycles. The molecule has 0 aliphatic heterocycles. The van der Waals surface area contributed by atoms with Gasteiger partial charge in [0.15, 0.2) is 0 Å². The van der Waals surface area contributed by atoms with Crippen LogP contribution in [0.15, 0.2) is 30.3 Å². The van der Waals surface area contributed by atoms with Crippen molar-refractivity contribution in [2.75, 3.05) is 0 Å². The molecule has 4 bridgehead atoms. The fourth-order valence-corrected chi connectivity index (χ4v) is 5.29. The van der Waals surface area contributed by atoms with Crippen LogP contribution in [-0.4, -0.2) is 11.8 Å². The first-order valence-corrected chi connectivity index (χ1v) is 8.05. The predicted octanol–water partition coefficient (Wildman–Crippen LogP) is 3.16. The average molecular weight is 283 g/mol. The molecule has 0 unspecified atom stereocenters. The average Bonchev–Trinajstić information content (AvgIpc) is 2.46. The number of imide groups is 1. The molecule has 1 aromatic carbocycles. The minimum atomic E-state index is -0.253. The maximum atomic E-state index is 12.7. The van der Waals surface area contributed by atoms with Gasteiger partial charge in [0.2, 0.25) is 5.91 Å². The molecule has 3 heteroatoms. The Morgan fingerprint density at radius 2 is 1.43 bits per heavy atom. The molecule has 0 spiro atoms. The van der Waals surface area contributed by atoms with Gasteiger partial charge < -0.3 is 0 Å². The van der Waals surface area contributed by atoms with Gasteiger partial charge in [0.05, 0.1) is 5.41 Å². The molecule has 3 nitrogen and oxygen atoms in total. The van der Waals surface area contributed by atoms with Gasteiger partial charge in [-0.1, -0.05) is 18.2 Å². The van der Waals surface area contributed by atoms with Crippen LogP contribution in [-0.2, 0) is 4.79 Å². The third kappa shape index (κ3) is 2.19. The number of benzene rings is 1. The van der Waals surface area contributed by atoms with E-state index in [1.165, 1.54) is 19.3 Å². The van der Waals surface area contributed by atoms with Crippen LogP contribution in [0.25, 0.3) is 0 Å². The minimum absolute atomic E-state index is 0.0181. The number of hydrogen-bond acceptors (Lipinski definition) is 2. The summed E-state index contributed by atoms with van der Waals surface area (Å²) in [5.74, 6) is 1.88. The summed E-state index contributed by atoms with van der Waals surface area (Å²) < 4.78 is 0. The van der Waals surface area contributed by atoms with Gasteiger partial charge >= 0.3 is 0 Å². The van der Waals surface area contributed by atoms with Gasteiger partial charge in [0.25, 0.3) is 5.91 Å². The van der Waals surface area contributed by atoms with E-state index in [1.807, 2.05) is 18.2 Å². The van der Waals surface area contributed by atoms with E-state index in [-0.39, 0.29) is 17.2 Å². The molecular formula is C18H21NO2. The van der Waals surface area contributed by atoms with E-state index in [0.29, 0.717) is 23.3 Å². The second-order valence-electron chi connectivity index (χ2n) is 7.35. The Labute approximate surface area is 125 Å². The van der Waals surface area contributed by atoms with Crippen LogP contribution in [0, 0.1) is 23.2 Å². The maximum absolute atomic E-state index is 12.7. The van der Waals surface area contributed by atoms with Gasteiger partial charge in [-0.2, -0.15) is 0 Å². The second-order valence-corrected chi connectivity index (χ2v) is 7.35. The van der Waals surface area contributed by atoms with E-state index in [2.05, 4.69) is 5.32 Å². The Hall–Kier alpha value is -1.64. The summed E-state index contributed by atoms with van der Waals surface area (Å²) >= 11 is 0. The second kappa shape index (κ2) is 4.69. The Bertz CT molecular complexity index is 543. The van der Waals surface area contributed by atoms with Crippen LogP contribution < -0.4 is 5.32 Å². The first-order valence-electron chi connectivity index (χ1n) is 8.05. The van der Waals surface area contributed by atoms with Crippen LogP contribution in [0.3, 0.4) is 0 Å². The van der Waals surface area contributed by atoms with Crippen LogP contribution in [0.5, 0.6) is 0 Å². The summed E-state index contributed by atoms with van der Waals surface area (Å²) in [6.45, 7) is 0. The van der Waals surface area contributed by atoms with E-state index < -0.39 is 0 Å². The number of amides is 2. The fourth-order valence-electron chi connectivity index (χ4n) is 5.29. The van der Waals surface area contributed by atoms with Gasteiger partial charge in [0.1, 0.15) is 0 Å². The van der Waals surface area contributed by atoms with Gasteiger partial charge in [-0.25, -0.2) is 0 Å². The number of carbonyl (C=O) groups excluding carboxylic acids is 2. The van der Waals surface area contributed by atoms with Crippen molar-refractivity contribution in [1.29, 1.82) is 0 Å². The standard InChI is InChI=1S/C18H21NO2/c20-16(15-4-2-1-3-5-15)19-17(21)18-9-12-6-13(10-18)8-14(7-12)11-18/h1-5,12-14H,6-11H2,(H,19,20,21). The zero-order valence-electron chi connectivity index (χ0n) is 12.2. The SMILES string of the molecule is O=C(NC(=O)C12CC3CC(CC(C3)C1)C2)c1ccccc1. The third-order valence-electron chi connectivity index (χ3n) is 5.78. The van der Waals surface area contributed by atoms with Crippen molar-refractivity contribution in [3.05, 3.63) is 35.9 Å². The third-order valence-corrected chi connectivity index (χ3v) is 5.78. The number of rotatable bonds is 2. The Kier molecular flexibility index (Phi) is 2.91. The lowest BCUT2D eigenvalue weighted by atomic mass is 9.49. The quantitative estimate of drug-likeness (QED) is 0.847. The van der Waals surface area contributed by atoms with E-state index >= 15 is 0 Å². The van der Waals surface area contributed by atoms with Crippen LogP contribution in [0.1, 0.15) is 48.9 Å². The molecule has 1 N–H and O–H groups in total. The van der Waals surface area contributed by atoms with Crippen molar-refractivity contribution in [3.63, 3.8) is 0 Å². The molecule has 4 saturated carbocycles. The first kappa shape index (κ1) is 13.1. The molecule has 2 amide bonds. The van der Waals surface area contributed by atoms with Gasteiger partial charge in [-0.3, -0.25) is 14.9 Å². The largest absolute Gasteiger partial charge is 0.292 e. The summed E-state index contributed by atoms with van der Waals surface area (Å²) in [6.07, 6.45) is 6.89. The Balaban J connectivity index is 1.51. The molecule has 1 aromatic rings. The molecule has 0 saturated heterocycles. The molecule has 110 valence electrons. The number of nitrogens with one attached hydrogen (secondary N) is 1. The maximum Gasteiger partial charge on any atom is 0.257 e. The molecule has 5 rings (SSSR count). The lowest BCUT2D eigenvalue weighted by molar-refractivity contribution is -0.145. The number of hydrogen-bond donors (Lipinski definition) is 1. The molecular weight excluding hydrogens is 262 g/mol. The summed E-state index contributed by atoms with van der Waals surface area (Å²) in [4.78, 5) is 25.0. The van der Waals surface area contributed by atoms with E-state index in [1.54, 1.807) is 12.1 Å². The van der Waals surface area contributed by atoms with Crippen LogP contribution in [0.4, 0.5) is 0 Å². The van der Waals surface area contributed by atoms with Crippen molar-refractivity contribution >= 4 is 11.8 Å². The predicted molar refractivity (Wildman–Crippen MR) is 79.5 cm³/mol. The van der Waals surface area contributed by atoms with E-state index in [0.717, 1.165) is 19.3 Å². The Morgan fingerprint density at radius 1 is 0.905 bits per heavy atom. The normalized spacial score (nSPS) is 36.5. The van der Waals surface area contributed by atoms with E-state index in [9.17, 15) is 9.59 Å². The summed E-state index contributed by atoms with van der Waals surface area (Å²) in [5, 5.41) is 2.68. The van der Waals surface area contributed by atoms with E-state index in [4.69, 9.17) is 0 Å². The van der Waals surface area contributed by atoms with Crippen molar-refractivity contribution in [2.45, 2.75) is 38.5 Å². The zero-order chi connectivity index (χ0) is 14.4. The van der Waals surface area contributed by atoms with Gasteiger partial charge in [-0.05, 0) is 68.4 Å². The number of carbonyl (C=O) groups is 2. The highest BCUT2D eigenvalue weighted by Crippen LogP contribution is 2.60. The highest BCUT2D eigenvalue weighted by molar-refractivity contribution is 6.06. The molecule has 21 heavy (non-hydrogen) atoms. The van der Waals surface area contributed by atoms with Crippen LogP contribution >= 0.6 is 0 Å². The van der Waals surface area contributed by atoms with Gasteiger partial charge in [-0.15, -0.1) is 0 Å². The van der Waals surface area contributed by atoms with Crippen LogP contribution in [0.2, 0.25) is 0 Å². The highest BCUT2D eigenvalue weighted by atomic mass is 16.2. The molecule has 0 radical (unpaired) electrons. The first-order chi connectivity index (χ1) is 10.1. The van der Waals surface area contributed by atoms with Crippen molar-refractivity contribution in [1.82, 2.24) is 5.32 Å². The van der Waals surface area contributed by atoms with Crippen molar-refractivity contribution < 1.29 is 9.59 Å². The van der Waals surface area contributed by atoms with Gasteiger partial charge in [0, 0.05) is 5.56 Å². The lowest BCUT2D eigenvalue weighted by Crippen LogP contribution is -2.54. The molecule has 4 aliphatic carbocycles. The van der Waals surface area contributed by atoms with Crippen molar-refractivity contribution in [3.8, 4) is 0 Å². The monoisotopic (exact) mass is 283 g/mol. The summed E-state index contributed by atoms with van der Waals surface area (Å²) in [6, 6.07) is 9.02. The Morgan fingerprint density at radius 3 is 1.95 bits per heavy atom. The lowest BCUT2D eigenvalue weighted by Gasteiger charge is -2.55. The fraction of sp³-hybridized carbons (Fsp3) is 0.556. The summed E-state index contributed by atoms with van der Waals surface area (Å²) in [7, 11) is 0. The molecule has 4 aliphatic rings. The van der Waals surface area contributed by atoms with Crippen molar-refractivity contribution in [2.24, 2.45) is 23.2 Å².